The van der Waals surface area contributed by atoms with Crippen LogP contribution in [0.4, 0.5) is 0 Å². The van der Waals surface area contributed by atoms with Crippen molar-refractivity contribution in [3.8, 4) is 0 Å². The molecule has 2 aliphatic heterocycles. The third-order valence-electron chi connectivity index (χ3n) is 5.72. The minimum atomic E-state index is -0.407. The maximum atomic E-state index is 6.20. The van der Waals surface area contributed by atoms with E-state index in [0.29, 0.717) is 0 Å². The van der Waals surface area contributed by atoms with E-state index in [1.165, 1.54) is 0 Å². The van der Waals surface area contributed by atoms with Crippen LogP contribution in [0.1, 0.15) is 69.2 Å². The molecule has 21 heavy (non-hydrogen) atoms. The van der Waals surface area contributed by atoms with Gasteiger partial charge in [-0.15, -0.1) is 0 Å². The zero-order chi connectivity index (χ0) is 16.5. The van der Waals surface area contributed by atoms with Crippen molar-refractivity contribution in [2.45, 2.75) is 96.9 Å². The summed E-state index contributed by atoms with van der Waals surface area (Å²) < 4.78 is 24.8. The molecule has 2 aliphatic rings. The second-order valence-corrected chi connectivity index (χ2v) is 9.00. The molecular weight excluding hydrogens is 266 g/mol. The molecule has 6 heteroatoms. The van der Waals surface area contributed by atoms with E-state index in [2.05, 4.69) is 69.2 Å². The predicted molar refractivity (Wildman–Crippen MR) is 86.2 cm³/mol. The first-order valence-electron chi connectivity index (χ1n) is 7.84. The Hall–Kier alpha value is -0.0301. The molecule has 2 saturated heterocycles. The molecule has 0 amide bonds. The second kappa shape index (κ2) is 4.50. The molecule has 0 radical (unpaired) electrons. The van der Waals surface area contributed by atoms with E-state index in [1.807, 2.05) is 0 Å². The summed E-state index contributed by atoms with van der Waals surface area (Å²) >= 11 is 0. The van der Waals surface area contributed by atoms with Gasteiger partial charge in [0.2, 0.25) is 0 Å². The van der Waals surface area contributed by atoms with Gasteiger partial charge in [0.05, 0.1) is 22.4 Å². The van der Waals surface area contributed by atoms with Crippen LogP contribution < -0.4 is 0 Å². The van der Waals surface area contributed by atoms with Crippen molar-refractivity contribution in [1.82, 2.24) is 0 Å². The van der Waals surface area contributed by atoms with Gasteiger partial charge in [-0.05, 0) is 55.4 Å². The summed E-state index contributed by atoms with van der Waals surface area (Å²) in [4.78, 5) is 0. The fourth-order valence-electron chi connectivity index (χ4n) is 2.40. The molecule has 2 heterocycles. The van der Waals surface area contributed by atoms with Gasteiger partial charge < -0.3 is 18.6 Å². The Balaban J connectivity index is 2.22. The fourth-order valence-corrected chi connectivity index (χ4v) is 2.40. The minimum Gasteiger partial charge on any atom is -0.403 e. The lowest BCUT2D eigenvalue weighted by molar-refractivity contribution is 0.00578. The van der Waals surface area contributed by atoms with Crippen LogP contribution in [0.2, 0.25) is 5.21 Å². The summed E-state index contributed by atoms with van der Waals surface area (Å²) in [6, 6.07) is 0. The van der Waals surface area contributed by atoms with E-state index in [4.69, 9.17) is 18.6 Å². The Labute approximate surface area is 130 Å². The summed E-state index contributed by atoms with van der Waals surface area (Å²) in [5, 5.41) is -0.407. The van der Waals surface area contributed by atoms with Gasteiger partial charge in [-0.2, -0.15) is 0 Å². The molecule has 0 saturated carbocycles. The summed E-state index contributed by atoms with van der Waals surface area (Å²) in [6.07, 6.45) is 0. The molecule has 0 spiro atoms. The molecule has 0 unspecified atom stereocenters. The van der Waals surface area contributed by atoms with Gasteiger partial charge in [-0.3, -0.25) is 0 Å². The van der Waals surface area contributed by atoms with Gasteiger partial charge in [0.15, 0.2) is 0 Å². The number of hydrogen-bond donors (Lipinski definition) is 0. The molecule has 0 atom stereocenters. The average Bonchev–Trinajstić information content (AvgIpc) is 2.59. The zero-order valence-corrected chi connectivity index (χ0v) is 15.3. The largest absolute Gasteiger partial charge is 0.461 e. The Morgan fingerprint density at radius 1 is 0.524 bits per heavy atom. The van der Waals surface area contributed by atoms with Crippen molar-refractivity contribution in [3.05, 3.63) is 0 Å². The lowest BCUT2D eigenvalue weighted by atomic mass is 9.41. The van der Waals surface area contributed by atoms with E-state index in [9.17, 15) is 0 Å². The maximum absolute atomic E-state index is 6.20. The first kappa shape index (κ1) is 17.3. The fraction of sp³-hybridized carbons (Fsp3) is 1.00. The van der Waals surface area contributed by atoms with Crippen molar-refractivity contribution >= 4 is 14.2 Å². The monoisotopic (exact) mass is 296 g/mol. The number of rotatable bonds is 2. The molecule has 0 aromatic heterocycles. The van der Waals surface area contributed by atoms with Crippen molar-refractivity contribution < 1.29 is 18.6 Å². The van der Waals surface area contributed by atoms with E-state index in [-0.39, 0.29) is 36.6 Å². The van der Waals surface area contributed by atoms with Crippen LogP contribution >= 0.6 is 0 Å². The first-order valence-corrected chi connectivity index (χ1v) is 7.84. The highest BCUT2D eigenvalue weighted by atomic mass is 16.7. The molecule has 2 rings (SSSR count). The standard InChI is InChI=1S/C15H30B2O4/c1-11(2)12(3,4)19-16(18-11)15(9,10)17-20-13(5,6)14(7,8)21-17/h1-10H3. The molecule has 0 bridgehead atoms. The Bertz CT molecular complexity index is 359. The van der Waals surface area contributed by atoms with Crippen LogP contribution in [0.3, 0.4) is 0 Å². The van der Waals surface area contributed by atoms with E-state index in [0.717, 1.165) is 0 Å². The Morgan fingerprint density at radius 2 is 0.714 bits per heavy atom. The highest BCUT2D eigenvalue weighted by molar-refractivity contribution is 6.71. The molecule has 120 valence electrons. The highest BCUT2D eigenvalue weighted by Gasteiger charge is 2.65. The van der Waals surface area contributed by atoms with Crippen molar-refractivity contribution in [3.63, 3.8) is 0 Å². The Kier molecular flexibility index (Phi) is 3.71. The van der Waals surface area contributed by atoms with E-state index >= 15 is 0 Å². The van der Waals surface area contributed by atoms with Crippen molar-refractivity contribution in [1.29, 1.82) is 0 Å². The molecule has 4 nitrogen and oxygen atoms in total. The molecule has 0 aromatic rings. The molecule has 0 aromatic carbocycles. The highest BCUT2D eigenvalue weighted by Crippen LogP contribution is 2.50. The van der Waals surface area contributed by atoms with Crippen LogP contribution in [-0.2, 0) is 18.6 Å². The normalized spacial score (nSPS) is 30.0. The Morgan fingerprint density at radius 3 is 0.905 bits per heavy atom. The first-order chi connectivity index (χ1) is 9.12. The lowest BCUT2D eigenvalue weighted by Gasteiger charge is -2.32. The zero-order valence-electron chi connectivity index (χ0n) is 15.3. The molecular formula is C15H30B2O4. The van der Waals surface area contributed by atoms with Crippen molar-refractivity contribution in [2.75, 3.05) is 0 Å². The summed E-state index contributed by atoms with van der Waals surface area (Å²) in [5.74, 6) is 0. The summed E-state index contributed by atoms with van der Waals surface area (Å²) in [7, 11) is -0.727. The van der Waals surface area contributed by atoms with Gasteiger partial charge >= 0.3 is 14.2 Å². The lowest BCUT2D eigenvalue weighted by Crippen LogP contribution is -2.45. The van der Waals surface area contributed by atoms with Crippen molar-refractivity contribution in [2.24, 2.45) is 0 Å². The molecule has 0 aliphatic carbocycles. The van der Waals surface area contributed by atoms with E-state index in [1.54, 1.807) is 0 Å². The van der Waals surface area contributed by atoms with Gasteiger partial charge in [0.1, 0.15) is 0 Å². The topological polar surface area (TPSA) is 36.9 Å². The quantitative estimate of drug-likeness (QED) is 0.731. The van der Waals surface area contributed by atoms with Gasteiger partial charge in [-0.25, -0.2) is 0 Å². The molecule has 0 N–H and O–H groups in total. The maximum Gasteiger partial charge on any atom is 0.461 e. The summed E-state index contributed by atoms with van der Waals surface area (Å²) in [6.45, 7) is 20.7. The van der Waals surface area contributed by atoms with Crippen LogP contribution in [0.5, 0.6) is 0 Å². The average molecular weight is 296 g/mol. The van der Waals surface area contributed by atoms with Gasteiger partial charge in [0, 0.05) is 5.21 Å². The smallest absolute Gasteiger partial charge is 0.403 e. The second-order valence-electron chi connectivity index (χ2n) is 9.00. The summed E-state index contributed by atoms with van der Waals surface area (Å²) in [5.41, 5.74) is -1.39. The van der Waals surface area contributed by atoms with Crippen LogP contribution in [0.15, 0.2) is 0 Å². The van der Waals surface area contributed by atoms with E-state index < -0.39 is 5.21 Å². The third kappa shape index (κ3) is 2.58. The van der Waals surface area contributed by atoms with Gasteiger partial charge in [0.25, 0.3) is 0 Å². The van der Waals surface area contributed by atoms with Crippen LogP contribution in [-0.4, -0.2) is 36.6 Å². The minimum absolute atomic E-state index is 0.349. The van der Waals surface area contributed by atoms with Gasteiger partial charge in [-0.1, -0.05) is 13.8 Å². The van der Waals surface area contributed by atoms with Crippen LogP contribution in [0, 0.1) is 0 Å². The van der Waals surface area contributed by atoms with Crippen LogP contribution in [0.25, 0.3) is 0 Å². The third-order valence-corrected chi connectivity index (χ3v) is 5.72. The number of hydrogen-bond acceptors (Lipinski definition) is 4. The predicted octanol–water partition coefficient (Wildman–Crippen LogP) is 3.49. The SMILES string of the molecule is CC(C)(B1OC(C)(C)C(C)(C)O1)B1OC(C)(C)C(C)(C)O1. The molecule has 2 fully saturated rings.